The van der Waals surface area contributed by atoms with Gasteiger partial charge in [-0.25, -0.2) is 8.42 Å². The van der Waals surface area contributed by atoms with Gasteiger partial charge in [0, 0.05) is 17.6 Å². The number of fused-ring (bicyclic) bond motifs is 1. The first-order valence-corrected chi connectivity index (χ1v) is 10.1. The zero-order valence-electron chi connectivity index (χ0n) is 14.0. The molecule has 1 aromatic carbocycles. The maximum atomic E-state index is 12.7. The highest BCUT2D eigenvalue weighted by molar-refractivity contribution is 7.91. The van der Waals surface area contributed by atoms with E-state index in [0.29, 0.717) is 18.5 Å². The summed E-state index contributed by atoms with van der Waals surface area (Å²) in [5.74, 6) is 0.461. The van der Waals surface area contributed by atoms with Crippen LogP contribution in [0, 0.1) is 5.92 Å². The van der Waals surface area contributed by atoms with Gasteiger partial charge in [-0.3, -0.25) is 9.78 Å². The molecule has 1 N–H and O–H groups in total. The molecular formula is C18H22N2O3S. The molecule has 128 valence electrons. The normalized spacial score (nSPS) is 19.7. The number of sulfone groups is 1. The van der Waals surface area contributed by atoms with E-state index in [1.165, 1.54) is 0 Å². The molecule has 5 nitrogen and oxygen atoms in total. The van der Waals surface area contributed by atoms with Crippen LogP contribution in [0.25, 0.3) is 10.9 Å². The fraction of sp³-hybridized carbons (Fsp3) is 0.444. The minimum atomic E-state index is -2.92. The second kappa shape index (κ2) is 6.51. The van der Waals surface area contributed by atoms with Crippen molar-refractivity contribution in [1.29, 1.82) is 0 Å². The number of nitrogens with one attached hydrogen (secondary N) is 1. The van der Waals surface area contributed by atoms with Crippen molar-refractivity contribution in [2.75, 3.05) is 18.1 Å². The number of benzene rings is 1. The number of pyridine rings is 1. The maximum Gasteiger partial charge on any atom is 0.252 e. The van der Waals surface area contributed by atoms with Crippen molar-refractivity contribution in [2.45, 2.75) is 26.2 Å². The molecule has 6 heteroatoms. The zero-order valence-corrected chi connectivity index (χ0v) is 14.8. The lowest BCUT2D eigenvalue weighted by atomic mass is 10.0. The molecule has 1 fully saturated rings. The number of para-hydroxylation sites is 1. The summed E-state index contributed by atoms with van der Waals surface area (Å²) in [6, 6.07) is 9.43. The fourth-order valence-corrected chi connectivity index (χ4v) is 4.91. The van der Waals surface area contributed by atoms with Crippen LogP contribution in [0.5, 0.6) is 0 Å². The Morgan fingerprint density at radius 2 is 2.08 bits per heavy atom. The number of carbonyl (C=O) groups excluding carboxylic acids is 1. The molecule has 2 heterocycles. The molecule has 1 saturated heterocycles. The highest BCUT2D eigenvalue weighted by Crippen LogP contribution is 2.23. The Morgan fingerprint density at radius 3 is 2.75 bits per heavy atom. The Bertz CT molecular complexity index is 875. The average molecular weight is 346 g/mol. The van der Waals surface area contributed by atoms with Gasteiger partial charge in [0.05, 0.1) is 22.6 Å². The molecular weight excluding hydrogens is 324 g/mol. The van der Waals surface area contributed by atoms with E-state index >= 15 is 0 Å². The monoisotopic (exact) mass is 346 g/mol. The summed E-state index contributed by atoms with van der Waals surface area (Å²) in [6.07, 6.45) is 0.622. The van der Waals surface area contributed by atoms with Gasteiger partial charge in [-0.1, -0.05) is 32.0 Å². The lowest BCUT2D eigenvalue weighted by molar-refractivity contribution is 0.0950. The molecule has 2 aromatic rings. The average Bonchev–Trinajstić information content (AvgIpc) is 2.90. The molecule has 1 aliphatic rings. The molecule has 1 atom stereocenters. The van der Waals surface area contributed by atoms with Crippen LogP contribution >= 0.6 is 0 Å². The molecule has 0 aliphatic carbocycles. The number of nitrogens with zero attached hydrogens (tertiary/aromatic N) is 1. The minimum absolute atomic E-state index is 0.0108. The molecule has 1 unspecified atom stereocenters. The van der Waals surface area contributed by atoms with Crippen molar-refractivity contribution in [1.82, 2.24) is 10.3 Å². The van der Waals surface area contributed by atoms with Crippen molar-refractivity contribution in [2.24, 2.45) is 5.92 Å². The summed E-state index contributed by atoms with van der Waals surface area (Å²) in [5, 5.41) is 3.72. The smallest absolute Gasteiger partial charge is 0.252 e. The van der Waals surface area contributed by atoms with E-state index in [1.54, 1.807) is 0 Å². The first-order valence-electron chi connectivity index (χ1n) is 8.24. The van der Waals surface area contributed by atoms with E-state index < -0.39 is 9.84 Å². The van der Waals surface area contributed by atoms with Crippen molar-refractivity contribution >= 4 is 26.6 Å². The number of carbonyl (C=O) groups is 1. The molecule has 3 rings (SSSR count). The van der Waals surface area contributed by atoms with Gasteiger partial charge in [0.25, 0.3) is 5.91 Å². The van der Waals surface area contributed by atoms with Gasteiger partial charge < -0.3 is 5.32 Å². The van der Waals surface area contributed by atoms with Gasteiger partial charge in [-0.05, 0) is 30.4 Å². The van der Waals surface area contributed by atoms with Gasteiger partial charge in [0.1, 0.15) is 0 Å². The number of aromatic nitrogens is 1. The van der Waals surface area contributed by atoms with E-state index in [2.05, 4.69) is 10.3 Å². The minimum Gasteiger partial charge on any atom is -0.352 e. The number of hydrogen-bond donors (Lipinski definition) is 1. The third-order valence-electron chi connectivity index (χ3n) is 4.45. The summed E-state index contributed by atoms with van der Waals surface area (Å²) in [7, 11) is -2.92. The van der Waals surface area contributed by atoms with Crippen molar-refractivity contribution < 1.29 is 13.2 Å². The number of amides is 1. The highest BCUT2D eigenvalue weighted by atomic mass is 32.2. The SMILES string of the molecule is CC(C)c1cc(C(=O)NCC2CCS(=O)(=O)C2)c2ccccc2n1. The summed E-state index contributed by atoms with van der Waals surface area (Å²) < 4.78 is 23.1. The third kappa shape index (κ3) is 3.59. The third-order valence-corrected chi connectivity index (χ3v) is 6.29. The Hall–Kier alpha value is -1.95. The van der Waals surface area contributed by atoms with Crippen LogP contribution in [-0.2, 0) is 9.84 Å². The zero-order chi connectivity index (χ0) is 17.3. The highest BCUT2D eigenvalue weighted by Gasteiger charge is 2.28. The maximum absolute atomic E-state index is 12.7. The standard InChI is InChI=1S/C18H22N2O3S/c1-12(2)17-9-15(14-5-3-4-6-16(14)20-17)18(21)19-10-13-7-8-24(22,23)11-13/h3-6,9,12-13H,7-8,10-11H2,1-2H3,(H,19,21). The first-order chi connectivity index (χ1) is 11.4. The molecule has 24 heavy (non-hydrogen) atoms. The van der Waals surface area contributed by atoms with Crippen molar-refractivity contribution in [3.63, 3.8) is 0 Å². The number of hydrogen-bond acceptors (Lipinski definition) is 4. The van der Waals surface area contributed by atoms with Crippen LogP contribution in [-0.4, -0.2) is 37.4 Å². The summed E-state index contributed by atoms with van der Waals surface area (Å²) in [5.41, 5.74) is 2.28. The molecule has 1 amide bonds. The van der Waals surface area contributed by atoms with Crippen molar-refractivity contribution in [3.05, 3.63) is 41.6 Å². The van der Waals surface area contributed by atoms with E-state index in [-0.39, 0.29) is 29.2 Å². The van der Waals surface area contributed by atoms with Crippen LogP contribution in [0.15, 0.2) is 30.3 Å². The first kappa shape index (κ1) is 16.9. The lowest BCUT2D eigenvalue weighted by Gasteiger charge is -2.13. The Labute approximate surface area is 142 Å². The van der Waals surface area contributed by atoms with Gasteiger partial charge >= 0.3 is 0 Å². The van der Waals surface area contributed by atoms with Crippen LogP contribution in [0.4, 0.5) is 0 Å². The van der Waals surface area contributed by atoms with Gasteiger partial charge in [-0.15, -0.1) is 0 Å². The van der Waals surface area contributed by atoms with E-state index in [4.69, 9.17) is 0 Å². The van der Waals surface area contributed by atoms with E-state index in [9.17, 15) is 13.2 Å². The van der Waals surface area contributed by atoms with Crippen LogP contribution < -0.4 is 5.32 Å². The lowest BCUT2D eigenvalue weighted by Crippen LogP contribution is -2.30. The van der Waals surface area contributed by atoms with Gasteiger partial charge in [0.15, 0.2) is 9.84 Å². The Morgan fingerprint density at radius 1 is 1.33 bits per heavy atom. The van der Waals surface area contributed by atoms with E-state index in [0.717, 1.165) is 16.6 Å². The van der Waals surface area contributed by atoms with Crippen molar-refractivity contribution in [3.8, 4) is 0 Å². The summed E-state index contributed by atoms with van der Waals surface area (Å²) >= 11 is 0. The predicted octanol–water partition coefficient (Wildman–Crippen LogP) is 2.52. The van der Waals surface area contributed by atoms with Crippen LogP contribution in [0.2, 0.25) is 0 Å². The summed E-state index contributed by atoms with van der Waals surface area (Å²) in [4.78, 5) is 17.3. The predicted molar refractivity (Wildman–Crippen MR) is 94.9 cm³/mol. The fourth-order valence-electron chi connectivity index (χ4n) is 3.04. The van der Waals surface area contributed by atoms with E-state index in [1.807, 2.05) is 44.2 Å². The molecule has 1 aliphatic heterocycles. The van der Waals surface area contributed by atoms with Crippen LogP contribution in [0.3, 0.4) is 0 Å². The topological polar surface area (TPSA) is 76.1 Å². The molecule has 0 spiro atoms. The Balaban J connectivity index is 1.83. The molecule has 0 saturated carbocycles. The van der Waals surface area contributed by atoms with Gasteiger partial charge in [0.2, 0.25) is 0 Å². The summed E-state index contributed by atoms with van der Waals surface area (Å²) in [6.45, 7) is 4.48. The molecule has 0 bridgehead atoms. The Kier molecular flexibility index (Phi) is 4.58. The molecule has 0 radical (unpaired) electrons. The number of rotatable bonds is 4. The largest absolute Gasteiger partial charge is 0.352 e. The second-order valence-corrected chi connectivity index (χ2v) is 8.97. The molecule has 1 aromatic heterocycles. The van der Waals surface area contributed by atoms with Gasteiger partial charge in [-0.2, -0.15) is 0 Å². The van der Waals surface area contributed by atoms with Crippen LogP contribution in [0.1, 0.15) is 42.2 Å². The quantitative estimate of drug-likeness (QED) is 0.923. The second-order valence-electron chi connectivity index (χ2n) is 6.75.